The third-order valence-electron chi connectivity index (χ3n) is 0.677. The smallest absolute Gasteiger partial charge is 0.0554 e. The van der Waals surface area contributed by atoms with Crippen LogP contribution in [0.15, 0.2) is 23.6 Å². The van der Waals surface area contributed by atoms with Crippen molar-refractivity contribution in [3.8, 4) is 0 Å². The second kappa shape index (κ2) is 29.4. The molecule has 0 spiro atoms. The largest absolute Gasteiger partial charge is 0.302 e. The zero-order chi connectivity index (χ0) is 12.6. The van der Waals surface area contributed by atoms with Crippen LogP contribution >= 0.6 is 11.8 Å². The lowest BCUT2D eigenvalue weighted by atomic mass is 10.3. The minimum Gasteiger partial charge on any atom is -0.302 e. The van der Waals surface area contributed by atoms with Crippen LogP contribution in [0.4, 0.5) is 0 Å². The van der Waals surface area contributed by atoms with E-state index in [0.717, 1.165) is 10.5 Å². The van der Waals surface area contributed by atoms with Crippen LogP contribution in [0.3, 0.4) is 0 Å². The van der Waals surface area contributed by atoms with Crippen molar-refractivity contribution in [3.05, 3.63) is 23.6 Å². The van der Waals surface area contributed by atoms with E-state index in [1.54, 1.807) is 0 Å². The van der Waals surface area contributed by atoms with Gasteiger partial charge in [0.2, 0.25) is 0 Å². The van der Waals surface area contributed by atoms with Gasteiger partial charge in [-0.05, 0) is 12.5 Å². The summed E-state index contributed by atoms with van der Waals surface area (Å²) < 4.78 is 0. The highest BCUT2D eigenvalue weighted by atomic mass is 32.2. The predicted octanol–water partition coefficient (Wildman–Crippen LogP) is 5.50. The summed E-state index contributed by atoms with van der Waals surface area (Å²) in [5, 5.41) is 6.66. The molecule has 0 aromatic heterocycles. The van der Waals surface area contributed by atoms with Gasteiger partial charge in [-0.2, -0.15) is 0 Å². The number of rotatable bonds is 3. The Morgan fingerprint density at radius 2 is 1.29 bits per heavy atom. The zero-order valence-corrected chi connectivity index (χ0v) is 11.7. The maximum absolute atomic E-state index is 6.66. The molecule has 2 heteroatoms. The Kier molecular flexibility index (Phi) is 49.1. The van der Waals surface area contributed by atoms with Crippen molar-refractivity contribution >= 4 is 17.3 Å². The monoisotopic (exact) mass is 217 g/mol. The van der Waals surface area contributed by atoms with Gasteiger partial charge < -0.3 is 5.41 Å². The number of hydrogen-bond donors (Lipinski definition) is 1. The van der Waals surface area contributed by atoms with Crippen molar-refractivity contribution in [3.63, 3.8) is 0 Å². The molecule has 0 aromatic rings. The Balaban J connectivity index is -0.0000000708. The minimum absolute atomic E-state index is 0.861. The fraction of sp³-hybridized carbons (Fsp3) is 0.583. The van der Waals surface area contributed by atoms with Gasteiger partial charge in [-0.1, -0.05) is 66.5 Å². The molecule has 0 bridgehead atoms. The van der Waals surface area contributed by atoms with Gasteiger partial charge in [0.05, 0.1) is 5.55 Å². The van der Waals surface area contributed by atoms with Crippen molar-refractivity contribution in [1.29, 1.82) is 5.41 Å². The van der Waals surface area contributed by atoms with Crippen LogP contribution in [-0.2, 0) is 0 Å². The summed E-state index contributed by atoms with van der Waals surface area (Å²) in [6, 6.07) is 0. The maximum atomic E-state index is 6.66. The Labute approximate surface area is 95.2 Å². The number of hydrogen-bond acceptors (Lipinski definition) is 2. The average Bonchev–Trinajstić information content (AvgIpc) is 2.27. The van der Waals surface area contributed by atoms with Gasteiger partial charge in [-0.15, -0.1) is 0 Å². The van der Waals surface area contributed by atoms with E-state index in [9.17, 15) is 0 Å². The fourth-order valence-electron chi connectivity index (χ4n) is 0.172. The Morgan fingerprint density at radius 1 is 1.00 bits per heavy atom. The van der Waals surface area contributed by atoms with Gasteiger partial charge in [0, 0.05) is 4.91 Å². The molecule has 0 amide bonds. The molecule has 0 heterocycles. The van der Waals surface area contributed by atoms with E-state index >= 15 is 0 Å². The molecular formula is C12H27NS. The van der Waals surface area contributed by atoms with Gasteiger partial charge in [0.1, 0.15) is 0 Å². The average molecular weight is 217 g/mol. The normalized spacial score (nSPS) is 5.93. The van der Waals surface area contributed by atoms with Crippen LogP contribution in [0, 0.1) is 5.41 Å². The number of allylic oxidation sites excluding steroid dienone is 1. The van der Waals surface area contributed by atoms with Crippen LogP contribution in [0.2, 0.25) is 0 Å². The Hall–Kier alpha value is -0.500. The van der Waals surface area contributed by atoms with Gasteiger partial charge in [0.25, 0.3) is 0 Å². The highest BCUT2D eigenvalue weighted by molar-refractivity contribution is 8.15. The molecule has 0 aliphatic heterocycles. The van der Waals surface area contributed by atoms with Crippen molar-refractivity contribution < 1.29 is 0 Å². The summed E-state index contributed by atoms with van der Waals surface area (Å²) in [6.07, 6.45) is 0. The third-order valence-corrected chi connectivity index (χ3v) is 1.43. The Morgan fingerprint density at radius 3 is 1.36 bits per heavy atom. The molecule has 0 radical (unpaired) electrons. The molecule has 0 saturated carbocycles. The molecule has 0 unspecified atom stereocenters. The van der Waals surface area contributed by atoms with Gasteiger partial charge >= 0.3 is 0 Å². The first-order valence-corrected chi connectivity index (χ1v) is 6.07. The highest BCUT2D eigenvalue weighted by Gasteiger charge is 1.88. The second-order valence-corrected chi connectivity index (χ2v) is 2.40. The first-order chi connectivity index (χ1) is 6.68. The van der Waals surface area contributed by atoms with Gasteiger partial charge in [-0.3, -0.25) is 0 Å². The zero-order valence-electron chi connectivity index (χ0n) is 10.9. The van der Waals surface area contributed by atoms with Crippen LogP contribution in [0.5, 0.6) is 0 Å². The quantitative estimate of drug-likeness (QED) is 0.377. The van der Waals surface area contributed by atoms with Gasteiger partial charge in [0.15, 0.2) is 0 Å². The van der Waals surface area contributed by atoms with Crippen LogP contribution in [0.25, 0.3) is 0 Å². The standard InChI is InChI=1S/C6H9NS.3C2H6/c1-5(2)6(3)8-4-7;3*1-2/h4,7H,1,3H2,2H3;3*1-2H3. The molecule has 86 valence electrons. The molecule has 0 aromatic carbocycles. The topological polar surface area (TPSA) is 23.9 Å². The second-order valence-electron chi connectivity index (χ2n) is 1.44. The number of thioether (sulfide) groups is 1. The maximum Gasteiger partial charge on any atom is 0.0554 e. The van der Waals surface area contributed by atoms with E-state index in [-0.39, 0.29) is 0 Å². The van der Waals surface area contributed by atoms with Crippen molar-refractivity contribution in [1.82, 2.24) is 0 Å². The van der Waals surface area contributed by atoms with Gasteiger partial charge in [-0.25, -0.2) is 0 Å². The summed E-state index contributed by atoms with van der Waals surface area (Å²) in [4.78, 5) is 0.861. The van der Waals surface area contributed by atoms with Crippen molar-refractivity contribution in [2.24, 2.45) is 0 Å². The first kappa shape index (κ1) is 23.4. The van der Waals surface area contributed by atoms with Crippen LogP contribution in [0.1, 0.15) is 48.5 Å². The first-order valence-electron chi connectivity index (χ1n) is 5.19. The third kappa shape index (κ3) is 30.0. The summed E-state index contributed by atoms with van der Waals surface area (Å²) in [5.41, 5.74) is 2.18. The van der Waals surface area contributed by atoms with E-state index in [0.29, 0.717) is 0 Å². The fourth-order valence-corrected chi connectivity index (χ4v) is 0.515. The lowest BCUT2D eigenvalue weighted by molar-refractivity contribution is 1.50. The molecular weight excluding hydrogens is 190 g/mol. The molecule has 0 atom stereocenters. The molecule has 0 saturated heterocycles. The van der Waals surface area contributed by atoms with E-state index in [2.05, 4.69) is 13.2 Å². The number of nitrogens with one attached hydrogen (secondary N) is 1. The summed E-state index contributed by atoms with van der Waals surface area (Å²) in [5.74, 6) is 0. The molecule has 0 aliphatic carbocycles. The molecule has 14 heavy (non-hydrogen) atoms. The van der Waals surface area contributed by atoms with E-state index < -0.39 is 0 Å². The predicted molar refractivity (Wildman–Crippen MR) is 74.4 cm³/mol. The molecule has 0 fully saturated rings. The summed E-state index contributed by atoms with van der Waals surface area (Å²) in [7, 11) is 0. The van der Waals surface area contributed by atoms with E-state index in [4.69, 9.17) is 5.41 Å². The van der Waals surface area contributed by atoms with E-state index in [1.165, 1.54) is 17.3 Å². The molecule has 0 rings (SSSR count). The summed E-state index contributed by atoms with van der Waals surface area (Å²) >= 11 is 1.29. The SMILES string of the molecule is C=C(C)C(=C)SC=N.CC.CC.CC. The van der Waals surface area contributed by atoms with Crippen molar-refractivity contribution in [2.75, 3.05) is 0 Å². The highest BCUT2D eigenvalue weighted by Crippen LogP contribution is 2.16. The Bertz CT molecular complexity index is 128. The van der Waals surface area contributed by atoms with Crippen LogP contribution in [-0.4, -0.2) is 5.55 Å². The molecule has 1 N–H and O–H groups in total. The molecule has 1 nitrogen and oxygen atoms in total. The van der Waals surface area contributed by atoms with Crippen molar-refractivity contribution in [2.45, 2.75) is 48.5 Å². The molecule has 0 aliphatic rings. The minimum atomic E-state index is 0.861. The van der Waals surface area contributed by atoms with Crippen LogP contribution < -0.4 is 0 Å². The van der Waals surface area contributed by atoms with E-state index in [1.807, 2.05) is 48.5 Å². The summed E-state index contributed by atoms with van der Waals surface area (Å²) in [6.45, 7) is 21.2. The lowest BCUT2D eigenvalue weighted by Crippen LogP contribution is -1.71. The lowest BCUT2D eigenvalue weighted by Gasteiger charge is -1.95.